The monoisotopic (exact) mass is 268 g/mol. The number of benzene rings is 1. The van der Waals surface area contributed by atoms with Gasteiger partial charge in [0, 0.05) is 4.47 Å². The zero-order valence-electron chi connectivity index (χ0n) is 6.38. The van der Waals surface area contributed by atoms with E-state index in [0.717, 1.165) is 0 Å². The first-order valence-electron chi connectivity index (χ1n) is 3.11. The quantitative estimate of drug-likeness (QED) is 0.462. The molecule has 3 N–H and O–H groups in total. The lowest BCUT2D eigenvalue weighted by Crippen LogP contribution is -2.30. The molecule has 1 amide bonds. The first kappa shape index (κ1) is 12.3. The minimum atomic E-state index is -0.639. The van der Waals surface area contributed by atoms with Crippen LogP contribution in [0.4, 0.5) is 4.39 Å². The lowest BCUT2D eigenvalue weighted by atomic mass is 10.2. The molecule has 0 aliphatic rings. The summed E-state index contributed by atoms with van der Waals surface area (Å²) in [5.74, 6) is 3.59. The van der Waals surface area contributed by atoms with Gasteiger partial charge in [-0.3, -0.25) is 10.2 Å². The number of nitrogen functional groups attached to an aromatic ring is 1. The van der Waals surface area contributed by atoms with Gasteiger partial charge in [-0.1, -0.05) is 15.9 Å². The second-order valence-corrected chi connectivity index (χ2v) is 3.01. The van der Waals surface area contributed by atoms with E-state index in [9.17, 15) is 9.18 Å². The molecule has 0 saturated carbocycles. The van der Waals surface area contributed by atoms with Gasteiger partial charge in [-0.25, -0.2) is 10.2 Å². The van der Waals surface area contributed by atoms with Crippen LogP contribution in [0.1, 0.15) is 10.4 Å². The van der Waals surface area contributed by atoms with Crippen LogP contribution in [0.2, 0.25) is 0 Å². The Hall–Kier alpha value is -0.650. The van der Waals surface area contributed by atoms with Crippen molar-refractivity contribution in [3.8, 4) is 0 Å². The van der Waals surface area contributed by atoms with Crippen molar-refractivity contribution < 1.29 is 9.18 Å². The average Bonchev–Trinajstić information content (AvgIpc) is 2.03. The van der Waals surface area contributed by atoms with Crippen LogP contribution in [-0.2, 0) is 0 Å². The fourth-order valence-corrected chi connectivity index (χ4v) is 1.08. The van der Waals surface area contributed by atoms with Crippen LogP contribution >= 0.6 is 28.3 Å². The van der Waals surface area contributed by atoms with Crippen molar-refractivity contribution in [3.05, 3.63) is 34.1 Å². The molecule has 1 rings (SSSR count). The molecule has 0 saturated heterocycles. The highest BCUT2D eigenvalue weighted by molar-refractivity contribution is 9.10. The van der Waals surface area contributed by atoms with Gasteiger partial charge in [-0.05, 0) is 18.2 Å². The maximum Gasteiger partial charge on any atom is 0.268 e. The SMILES string of the molecule is Cl.NNC(=O)c1ccc(Br)cc1F. The molecule has 72 valence electrons. The van der Waals surface area contributed by atoms with Gasteiger partial charge in [0.2, 0.25) is 0 Å². The molecule has 6 heteroatoms. The van der Waals surface area contributed by atoms with E-state index in [1.54, 1.807) is 6.07 Å². The van der Waals surface area contributed by atoms with Crippen molar-refractivity contribution in [2.45, 2.75) is 0 Å². The highest BCUT2D eigenvalue weighted by atomic mass is 79.9. The second-order valence-electron chi connectivity index (χ2n) is 2.10. The molecular formula is C7H7BrClFN2O. The minimum absolute atomic E-state index is 0. The molecule has 0 aliphatic carbocycles. The smallest absolute Gasteiger partial charge is 0.268 e. The van der Waals surface area contributed by atoms with Gasteiger partial charge < -0.3 is 0 Å². The van der Waals surface area contributed by atoms with Gasteiger partial charge in [-0.15, -0.1) is 12.4 Å². The standard InChI is InChI=1S/C7H6BrFN2O.ClH/c8-4-1-2-5(6(9)3-4)7(12)11-10;/h1-3H,10H2,(H,11,12);1H. The molecule has 0 radical (unpaired) electrons. The summed E-state index contributed by atoms with van der Waals surface area (Å²) in [5.41, 5.74) is 1.78. The van der Waals surface area contributed by atoms with Gasteiger partial charge in [0.15, 0.2) is 0 Å². The average molecular weight is 270 g/mol. The Labute approximate surface area is 89.0 Å². The van der Waals surface area contributed by atoms with Crippen molar-refractivity contribution in [2.75, 3.05) is 0 Å². The highest BCUT2D eigenvalue weighted by Gasteiger charge is 2.09. The summed E-state index contributed by atoms with van der Waals surface area (Å²) in [6, 6.07) is 4.11. The molecule has 1 aromatic carbocycles. The van der Waals surface area contributed by atoms with Crippen LogP contribution in [-0.4, -0.2) is 5.91 Å². The summed E-state index contributed by atoms with van der Waals surface area (Å²) < 4.78 is 13.5. The third-order valence-electron chi connectivity index (χ3n) is 1.31. The molecule has 0 aromatic heterocycles. The molecule has 0 atom stereocenters. The van der Waals surface area contributed by atoms with Crippen molar-refractivity contribution >= 4 is 34.2 Å². The van der Waals surface area contributed by atoms with E-state index < -0.39 is 11.7 Å². The second kappa shape index (κ2) is 5.16. The van der Waals surface area contributed by atoms with Gasteiger partial charge in [0.1, 0.15) is 5.82 Å². The summed E-state index contributed by atoms with van der Waals surface area (Å²) in [7, 11) is 0. The molecule has 0 spiro atoms. The summed E-state index contributed by atoms with van der Waals surface area (Å²) in [5, 5.41) is 0. The Morgan fingerprint density at radius 2 is 2.15 bits per heavy atom. The molecular weight excluding hydrogens is 262 g/mol. The number of rotatable bonds is 1. The van der Waals surface area contributed by atoms with Gasteiger partial charge in [0.25, 0.3) is 5.91 Å². The zero-order valence-corrected chi connectivity index (χ0v) is 8.78. The number of hydrogen-bond acceptors (Lipinski definition) is 2. The first-order chi connectivity index (χ1) is 5.65. The van der Waals surface area contributed by atoms with Gasteiger partial charge in [-0.2, -0.15) is 0 Å². The van der Waals surface area contributed by atoms with E-state index in [1.165, 1.54) is 12.1 Å². The number of carbonyl (C=O) groups is 1. The Kier molecular flexibility index (Phi) is 4.90. The van der Waals surface area contributed by atoms with Gasteiger partial charge in [0.05, 0.1) is 5.56 Å². The summed E-state index contributed by atoms with van der Waals surface area (Å²) in [6.07, 6.45) is 0. The van der Waals surface area contributed by atoms with Crippen molar-refractivity contribution in [3.63, 3.8) is 0 Å². The first-order valence-corrected chi connectivity index (χ1v) is 3.90. The minimum Gasteiger partial charge on any atom is -0.290 e. The van der Waals surface area contributed by atoms with Crippen molar-refractivity contribution in [1.82, 2.24) is 5.43 Å². The summed E-state index contributed by atoms with van der Waals surface area (Å²) >= 11 is 3.06. The van der Waals surface area contributed by atoms with Crippen molar-refractivity contribution in [2.24, 2.45) is 5.84 Å². The number of hydrazine groups is 1. The number of nitrogens with one attached hydrogen (secondary N) is 1. The number of nitrogens with two attached hydrogens (primary N) is 1. The molecule has 0 aliphatic heterocycles. The fraction of sp³-hybridized carbons (Fsp3) is 0. The van der Waals surface area contributed by atoms with E-state index in [0.29, 0.717) is 4.47 Å². The Morgan fingerprint density at radius 1 is 1.54 bits per heavy atom. The van der Waals surface area contributed by atoms with Crippen LogP contribution < -0.4 is 11.3 Å². The predicted molar refractivity (Wildman–Crippen MR) is 53.0 cm³/mol. The zero-order chi connectivity index (χ0) is 9.14. The Bertz CT molecular complexity index is 321. The molecule has 0 unspecified atom stereocenters. The fourth-order valence-electron chi connectivity index (χ4n) is 0.751. The molecule has 1 aromatic rings. The molecule has 3 nitrogen and oxygen atoms in total. The number of carbonyl (C=O) groups excluding carboxylic acids is 1. The van der Waals surface area contributed by atoms with E-state index in [4.69, 9.17) is 5.84 Å². The molecule has 13 heavy (non-hydrogen) atoms. The van der Waals surface area contributed by atoms with Crippen LogP contribution in [0.5, 0.6) is 0 Å². The van der Waals surface area contributed by atoms with E-state index in [1.807, 2.05) is 5.43 Å². The van der Waals surface area contributed by atoms with Crippen LogP contribution in [0.15, 0.2) is 22.7 Å². The van der Waals surface area contributed by atoms with E-state index in [2.05, 4.69) is 15.9 Å². The van der Waals surface area contributed by atoms with Crippen LogP contribution in [0, 0.1) is 5.82 Å². The molecule has 0 fully saturated rings. The van der Waals surface area contributed by atoms with Crippen molar-refractivity contribution in [1.29, 1.82) is 0 Å². The highest BCUT2D eigenvalue weighted by Crippen LogP contribution is 2.14. The molecule has 0 heterocycles. The topological polar surface area (TPSA) is 55.1 Å². The lowest BCUT2D eigenvalue weighted by molar-refractivity contribution is 0.0949. The van der Waals surface area contributed by atoms with E-state index in [-0.39, 0.29) is 18.0 Å². The maximum atomic E-state index is 12.9. The van der Waals surface area contributed by atoms with Gasteiger partial charge >= 0.3 is 0 Å². The summed E-state index contributed by atoms with van der Waals surface area (Å²) in [6.45, 7) is 0. The van der Waals surface area contributed by atoms with Crippen LogP contribution in [0.3, 0.4) is 0 Å². The number of halogens is 3. The largest absolute Gasteiger partial charge is 0.290 e. The third kappa shape index (κ3) is 2.95. The van der Waals surface area contributed by atoms with E-state index >= 15 is 0 Å². The Balaban J connectivity index is 0.00000144. The number of amides is 1. The molecule has 0 bridgehead atoms. The maximum absolute atomic E-state index is 12.9. The lowest BCUT2D eigenvalue weighted by Gasteiger charge is -2.00. The number of hydrogen-bond donors (Lipinski definition) is 2. The third-order valence-corrected chi connectivity index (χ3v) is 1.80. The summed E-state index contributed by atoms with van der Waals surface area (Å²) in [4.78, 5) is 10.9. The normalized spacial score (nSPS) is 8.85. The van der Waals surface area contributed by atoms with Crippen LogP contribution in [0.25, 0.3) is 0 Å². The Morgan fingerprint density at radius 3 is 2.62 bits per heavy atom. The predicted octanol–water partition coefficient (Wildman–Crippen LogP) is 1.61.